The van der Waals surface area contributed by atoms with Crippen molar-refractivity contribution in [2.45, 2.75) is 6.54 Å². The summed E-state index contributed by atoms with van der Waals surface area (Å²) < 4.78 is 12.9. The smallest absolute Gasteiger partial charge is 0.180 e. The molecule has 0 bridgehead atoms. The highest BCUT2D eigenvalue weighted by molar-refractivity contribution is 7.80. The van der Waals surface area contributed by atoms with E-state index < -0.39 is 5.82 Å². The SMILES string of the molecule is N#Cc1ccc(F)cc1CNC(=S)NN. The van der Waals surface area contributed by atoms with Crippen LogP contribution in [0.25, 0.3) is 0 Å². The van der Waals surface area contributed by atoms with Crippen molar-refractivity contribution in [3.63, 3.8) is 0 Å². The number of hydrazine groups is 1. The minimum atomic E-state index is -0.391. The number of nitrogens with one attached hydrogen (secondary N) is 2. The molecule has 0 atom stereocenters. The quantitative estimate of drug-likeness (QED) is 0.388. The Morgan fingerprint density at radius 2 is 2.33 bits per heavy atom. The second-order valence-electron chi connectivity index (χ2n) is 2.74. The molecule has 0 heterocycles. The lowest BCUT2D eigenvalue weighted by molar-refractivity contribution is 0.624. The fourth-order valence-electron chi connectivity index (χ4n) is 1.04. The highest BCUT2D eigenvalue weighted by atomic mass is 32.1. The summed E-state index contributed by atoms with van der Waals surface area (Å²) in [6.07, 6.45) is 0. The maximum absolute atomic E-state index is 12.9. The van der Waals surface area contributed by atoms with E-state index in [9.17, 15) is 4.39 Å². The number of nitrogens with zero attached hydrogens (tertiary/aromatic N) is 1. The summed E-state index contributed by atoms with van der Waals surface area (Å²) >= 11 is 4.74. The van der Waals surface area contributed by atoms with Gasteiger partial charge in [0.2, 0.25) is 0 Å². The van der Waals surface area contributed by atoms with Crippen LogP contribution in [0.5, 0.6) is 0 Å². The third kappa shape index (κ3) is 3.16. The summed E-state index contributed by atoms with van der Waals surface area (Å²) in [5.41, 5.74) is 3.17. The summed E-state index contributed by atoms with van der Waals surface area (Å²) in [5.74, 6) is 4.65. The molecule has 0 radical (unpaired) electrons. The van der Waals surface area contributed by atoms with Gasteiger partial charge in [-0.1, -0.05) is 0 Å². The van der Waals surface area contributed by atoms with Crippen LogP contribution in [0.15, 0.2) is 18.2 Å². The van der Waals surface area contributed by atoms with Crippen LogP contribution in [0, 0.1) is 17.1 Å². The highest BCUT2D eigenvalue weighted by Gasteiger charge is 2.03. The lowest BCUT2D eigenvalue weighted by atomic mass is 10.1. The van der Waals surface area contributed by atoms with Crippen molar-refractivity contribution in [2.75, 3.05) is 0 Å². The molecule has 6 heteroatoms. The number of hydrogen-bond donors (Lipinski definition) is 3. The molecule has 78 valence electrons. The molecular formula is C9H9FN4S. The Morgan fingerprint density at radius 3 is 2.93 bits per heavy atom. The number of halogens is 1. The fourth-order valence-corrected chi connectivity index (χ4v) is 1.12. The molecule has 0 spiro atoms. The molecule has 0 aliphatic rings. The summed E-state index contributed by atoms with van der Waals surface area (Å²) in [4.78, 5) is 0. The largest absolute Gasteiger partial charge is 0.358 e. The molecule has 0 unspecified atom stereocenters. The van der Waals surface area contributed by atoms with E-state index >= 15 is 0 Å². The first-order chi connectivity index (χ1) is 7.17. The van der Waals surface area contributed by atoms with Gasteiger partial charge < -0.3 is 10.7 Å². The lowest BCUT2D eigenvalue weighted by Gasteiger charge is -2.07. The number of rotatable bonds is 2. The van der Waals surface area contributed by atoms with Crippen molar-refractivity contribution in [3.05, 3.63) is 35.1 Å². The van der Waals surface area contributed by atoms with E-state index in [2.05, 4.69) is 10.7 Å². The van der Waals surface area contributed by atoms with Crippen LogP contribution in [0.4, 0.5) is 4.39 Å². The van der Waals surface area contributed by atoms with Crippen LogP contribution in [-0.4, -0.2) is 5.11 Å². The van der Waals surface area contributed by atoms with E-state index in [-0.39, 0.29) is 11.7 Å². The van der Waals surface area contributed by atoms with E-state index in [1.54, 1.807) is 0 Å². The first-order valence-corrected chi connectivity index (χ1v) is 4.51. The molecule has 4 N–H and O–H groups in total. The van der Waals surface area contributed by atoms with Crippen molar-refractivity contribution in [3.8, 4) is 6.07 Å². The zero-order valence-corrected chi connectivity index (χ0v) is 8.57. The average molecular weight is 224 g/mol. The number of nitriles is 1. The van der Waals surface area contributed by atoms with Crippen molar-refractivity contribution >= 4 is 17.3 Å². The Kier molecular flexibility index (Phi) is 3.97. The Bertz CT molecular complexity index is 413. The maximum Gasteiger partial charge on any atom is 0.180 e. The van der Waals surface area contributed by atoms with Crippen LogP contribution in [0.3, 0.4) is 0 Å². The number of thiocarbonyl (C=S) groups is 1. The fraction of sp³-hybridized carbons (Fsp3) is 0.111. The minimum absolute atomic E-state index is 0.239. The topological polar surface area (TPSA) is 73.9 Å². The second kappa shape index (κ2) is 5.24. The number of benzene rings is 1. The molecule has 15 heavy (non-hydrogen) atoms. The standard InChI is InChI=1S/C9H9FN4S/c10-8-2-1-6(4-11)7(3-8)5-13-9(15)14-12/h1-3H,5,12H2,(H2,13,14,15). The monoisotopic (exact) mass is 224 g/mol. The van der Waals surface area contributed by atoms with Crippen molar-refractivity contribution in [2.24, 2.45) is 5.84 Å². The molecule has 1 aromatic carbocycles. The van der Waals surface area contributed by atoms with Gasteiger partial charge in [0.25, 0.3) is 0 Å². The van der Waals surface area contributed by atoms with E-state index in [0.29, 0.717) is 11.1 Å². The van der Waals surface area contributed by atoms with E-state index in [0.717, 1.165) is 0 Å². The van der Waals surface area contributed by atoms with Gasteiger partial charge in [0.1, 0.15) is 5.82 Å². The molecule has 0 aliphatic carbocycles. The Morgan fingerprint density at radius 1 is 1.60 bits per heavy atom. The van der Waals surface area contributed by atoms with Gasteiger partial charge in [0, 0.05) is 6.54 Å². The summed E-state index contributed by atoms with van der Waals surface area (Å²) in [6, 6.07) is 5.90. The summed E-state index contributed by atoms with van der Waals surface area (Å²) in [7, 11) is 0. The molecule has 0 saturated heterocycles. The van der Waals surface area contributed by atoms with Gasteiger partial charge in [0.15, 0.2) is 5.11 Å². The zero-order chi connectivity index (χ0) is 11.3. The predicted octanol–water partition coefficient (Wildman–Crippen LogP) is 0.535. The Hall–Kier alpha value is -1.71. The second-order valence-corrected chi connectivity index (χ2v) is 3.15. The molecule has 0 amide bonds. The molecule has 0 fully saturated rings. The van der Waals surface area contributed by atoms with Gasteiger partial charge in [-0.25, -0.2) is 10.2 Å². The lowest BCUT2D eigenvalue weighted by Crippen LogP contribution is -2.39. The van der Waals surface area contributed by atoms with Crippen LogP contribution in [-0.2, 0) is 6.54 Å². The molecule has 0 aliphatic heterocycles. The van der Waals surface area contributed by atoms with Gasteiger partial charge >= 0.3 is 0 Å². The maximum atomic E-state index is 12.9. The van der Waals surface area contributed by atoms with Gasteiger partial charge in [0.05, 0.1) is 11.6 Å². The van der Waals surface area contributed by atoms with Crippen molar-refractivity contribution < 1.29 is 4.39 Å². The number of hydrogen-bond acceptors (Lipinski definition) is 3. The third-order valence-corrected chi connectivity index (χ3v) is 2.02. The normalized spacial score (nSPS) is 9.13. The van der Waals surface area contributed by atoms with Crippen LogP contribution >= 0.6 is 12.2 Å². The molecule has 0 saturated carbocycles. The van der Waals surface area contributed by atoms with Crippen molar-refractivity contribution in [1.29, 1.82) is 5.26 Å². The van der Waals surface area contributed by atoms with Gasteiger partial charge in [-0.2, -0.15) is 5.26 Å². The summed E-state index contributed by atoms with van der Waals surface area (Å²) in [5, 5.41) is 11.7. The van der Waals surface area contributed by atoms with Gasteiger partial charge in [-0.05, 0) is 36.0 Å². The highest BCUT2D eigenvalue weighted by Crippen LogP contribution is 2.09. The van der Waals surface area contributed by atoms with Crippen molar-refractivity contribution in [1.82, 2.24) is 10.7 Å². The van der Waals surface area contributed by atoms with Crippen LogP contribution < -0.4 is 16.6 Å². The Balaban J connectivity index is 2.80. The summed E-state index contributed by atoms with van der Waals surface area (Å²) in [6.45, 7) is 0.254. The molecule has 0 aromatic heterocycles. The third-order valence-electron chi connectivity index (χ3n) is 1.76. The first kappa shape index (κ1) is 11.4. The van der Waals surface area contributed by atoms with E-state index in [1.807, 2.05) is 6.07 Å². The first-order valence-electron chi connectivity index (χ1n) is 4.10. The van der Waals surface area contributed by atoms with Gasteiger partial charge in [-0.3, -0.25) is 0 Å². The predicted molar refractivity (Wildman–Crippen MR) is 57.9 cm³/mol. The molecule has 4 nitrogen and oxygen atoms in total. The van der Waals surface area contributed by atoms with Crippen LogP contribution in [0.2, 0.25) is 0 Å². The average Bonchev–Trinajstić information content (AvgIpc) is 2.26. The van der Waals surface area contributed by atoms with Gasteiger partial charge in [-0.15, -0.1) is 0 Å². The van der Waals surface area contributed by atoms with E-state index in [1.165, 1.54) is 18.2 Å². The van der Waals surface area contributed by atoms with Crippen LogP contribution in [0.1, 0.15) is 11.1 Å². The number of nitrogens with two attached hydrogens (primary N) is 1. The molecule has 1 rings (SSSR count). The Labute approximate surface area is 91.9 Å². The van der Waals surface area contributed by atoms with E-state index in [4.69, 9.17) is 23.3 Å². The molecular weight excluding hydrogens is 215 g/mol. The minimum Gasteiger partial charge on any atom is -0.358 e. The zero-order valence-electron chi connectivity index (χ0n) is 7.75. The molecule has 1 aromatic rings.